The molecule has 1 aromatic rings. The molecule has 0 spiro atoms. The minimum Gasteiger partial charge on any atom is -0.0950 e. The van der Waals surface area contributed by atoms with E-state index in [-0.39, 0.29) is 0 Å². The maximum absolute atomic E-state index is 5.20. The molecule has 68 valence electrons. The van der Waals surface area contributed by atoms with Crippen molar-refractivity contribution in [3.05, 3.63) is 46.5 Å². The second-order valence-corrected chi connectivity index (χ2v) is 4.32. The van der Waals surface area contributed by atoms with E-state index in [0.29, 0.717) is 0 Å². The molecule has 0 bridgehead atoms. The van der Waals surface area contributed by atoms with E-state index in [1.54, 1.807) is 0 Å². The molecular formula is C11H11BrS. The highest BCUT2D eigenvalue weighted by atomic mass is 79.9. The first-order chi connectivity index (χ1) is 6.11. The standard InChI is InChI=1S/C11H11BrS/c1-8(2)11(13)7-9-5-3-4-6-10(9)12/h3-6H,1,7H2,2H3. The van der Waals surface area contributed by atoms with Crippen LogP contribution in [-0.2, 0) is 6.42 Å². The zero-order valence-electron chi connectivity index (χ0n) is 7.51. The molecule has 0 radical (unpaired) electrons. The molecule has 0 amide bonds. The zero-order valence-corrected chi connectivity index (χ0v) is 9.91. The Bertz CT molecular complexity index is 342. The molecular weight excluding hydrogens is 244 g/mol. The maximum atomic E-state index is 5.20. The third kappa shape index (κ3) is 3.05. The van der Waals surface area contributed by atoms with Crippen LogP contribution in [0.1, 0.15) is 12.5 Å². The van der Waals surface area contributed by atoms with Crippen LogP contribution < -0.4 is 0 Å². The topological polar surface area (TPSA) is 0 Å². The van der Waals surface area contributed by atoms with Gasteiger partial charge in [-0.2, -0.15) is 0 Å². The van der Waals surface area contributed by atoms with E-state index in [1.807, 2.05) is 25.1 Å². The summed E-state index contributed by atoms with van der Waals surface area (Å²) in [6.07, 6.45) is 0.798. The van der Waals surface area contributed by atoms with Gasteiger partial charge in [-0.15, -0.1) is 0 Å². The number of thiocarbonyl (C=S) groups is 1. The van der Waals surface area contributed by atoms with Crippen molar-refractivity contribution in [3.8, 4) is 0 Å². The van der Waals surface area contributed by atoms with Gasteiger partial charge in [-0.25, -0.2) is 0 Å². The monoisotopic (exact) mass is 254 g/mol. The SMILES string of the molecule is C=C(C)C(=S)Cc1ccccc1Br. The van der Waals surface area contributed by atoms with Gasteiger partial charge in [0.1, 0.15) is 0 Å². The van der Waals surface area contributed by atoms with Crippen molar-refractivity contribution < 1.29 is 0 Å². The second-order valence-electron chi connectivity index (χ2n) is 2.97. The Hall–Kier alpha value is -0.470. The van der Waals surface area contributed by atoms with Crippen LogP contribution in [0.25, 0.3) is 0 Å². The normalized spacial score (nSPS) is 9.69. The van der Waals surface area contributed by atoms with Crippen molar-refractivity contribution in [2.24, 2.45) is 0 Å². The van der Waals surface area contributed by atoms with Crippen LogP contribution >= 0.6 is 28.1 Å². The van der Waals surface area contributed by atoms with Crippen LogP contribution in [-0.4, -0.2) is 4.86 Å². The number of rotatable bonds is 3. The van der Waals surface area contributed by atoms with Crippen LogP contribution in [0.4, 0.5) is 0 Å². The highest BCUT2D eigenvalue weighted by Gasteiger charge is 2.02. The van der Waals surface area contributed by atoms with Crippen LogP contribution in [0.2, 0.25) is 0 Å². The molecule has 0 heterocycles. The van der Waals surface area contributed by atoms with Crippen LogP contribution in [0.15, 0.2) is 40.9 Å². The fourth-order valence-electron chi connectivity index (χ4n) is 0.966. The summed E-state index contributed by atoms with van der Waals surface area (Å²) in [4.78, 5) is 0.923. The fraction of sp³-hybridized carbons (Fsp3) is 0.182. The van der Waals surface area contributed by atoms with Crippen molar-refractivity contribution >= 4 is 33.0 Å². The van der Waals surface area contributed by atoms with E-state index in [0.717, 1.165) is 21.3 Å². The van der Waals surface area contributed by atoms with Gasteiger partial charge < -0.3 is 0 Å². The molecule has 0 aliphatic carbocycles. The van der Waals surface area contributed by atoms with E-state index >= 15 is 0 Å². The number of allylic oxidation sites excluding steroid dienone is 1. The number of hydrogen-bond acceptors (Lipinski definition) is 1. The van der Waals surface area contributed by atoms with Gasteiger partial charge in [-0.05, 0) is 24.1 Å². The Kier molecular flexibility index (Phi) is 3.82. The lowest BCUT2D eigenvalue weighted by Gasteiger charge is -2.04. The fourth-order valence-corrected chi connectivity index (χ4v) is 1.55. The number of benzene rings is 1. The van der Waals surface area contributed by atoms with Gasteiger partial charge in [0.2, 0.25) is 0 Å². The first-order valence-electron chi connectivity index (χ1n) is 4.03. The maximum Gasteiger partial charge on any atom is 0.0219 e. The zero-order chi connectivity index (χ0) is 9.84. The minimum atomic E-state index is 0.798. The van der Waals surface area contributed by atoms with Crippen LogP contribution in [0, 0.1) is 0 Å². The molecule has 2 heteroatoms. The van der Waals surface area contributed by atoms with Crippen molar-refractivity contribution in [1.29, 1.82) is 0 Å². The quantitative estimate of drug-likeness (QED) is 0.582. The summed E-state index contributed by atoms with van der Waals surface area (Å²) >= 11 is 8.68. The van der Waals surface area contributed by atoms with E-state index in [9.17, 15) is 0 Å². The van der Waals surface area contributed by atoms with Gasteiger partial charge in [0.25, 0.3) is 0 Å². The average molecular weight is 255 g/mol. The van der Waals surface area contributed by atoms with Gasteiger partial charge in [0.15, 0.2) is 0 Å². The Labute approximate surface area is 92.8 Å². The third-order valence-corrected chi connectivity index (χ3v) is 3.05. The summed E-state index contributed by atoms with van der Waals surface area (Å²) in [5, 5.41) is 0. The first-order valence-corrected chi connectivity index (χ1v) is 5.23. The smallest absolute Gasteiger partial charge is 0.0219 e. The van der Waals surface area contributed by atoms with Crippen LogP contribution in [0.3, 0.4) is 0 Å². The Morgan fingerprint density at radius 2 is 2.08 bits per heavy atom. The highest BCUT2D eigenvalue weighted by molar-refractivity contribution is 9.10. The summed E-state index contributed by atoms with van der Waals surface area (Å²) in [5.41, 5.74) is 2.20. The molecule has 13 heavy (non-hydrogen) atoms. The number of halogens is 1. The lowest BCUT2D eigenvalue weighted by atomic mass is 10.1. The van der Waals surface area contributed by atoms with Crippen LogP contribution in [0.5, 0.6) is 0 Å². The molecule has 0 saturated heterocycles. The van der Waals surface area contributed by atoms with Gasteiger partial charge in [-0.3, -0.25) is 0 Å². The molecule has 0 N–H and O–H groups in total. The van der Waals surface area contributed by atoms with Gasteiger partial charge >= 0.3 is 0 Å². The van der Waals surface area contributed by atoms with Gasteiger partial charge in [-0.1, -0.05) is 52.9 Å². The summed E-state index contributed by atoms with van der Waals surface area (Å²) in [6, 6.07) is 8.11. The lowest BCUT2D eigenvalue weighted by molar-refractivity contribution is 1.31. The largest absolute Gasteiger partial charge is 0.0950 e. The molecule has 0 fully saturated rings. The van der Waals surface area contributed by atoms with Crippen molar-refractivity contribution in [2.75, 3.05) is 0 Å². The van der Waals surface area contributed by atoms with Crippen molar-refractivity contribution in [2.45, 2.75) is 13.3 Å². The minimum absolute atomic E-state index is 0.798. The Balaban J connectivity index is 2.81. The Morgan fingerprint density at radius 1 is 1.46 bits per heavy atom. The molecule has 0 aliphatic rings. The van der Waals surface area contributed by atoms with Crippen molar-refractivity contribution in [1.82, 2.24) is 0 Å². The van der Waals surface area contributed by atoms with E-state index in [1.165, 1.54) is 5.56 Å². The van der Waals surface area contributed by atoms with E-state index in [4.69, 9.17) is 12.2 Å². The molecule has 1 aromatic carbocycles. The summed E-state index contributed by atoms with van der Waals surface area (Å²) in [5.74, 6) is 0. The van der Waals surface area contributed by atoms with Gasteiger partial charge in [0, 0.05) is 15.8 Å². The Morgan fingerprint density at radius 3 is 2.62 bits per heavy atom. The molecule has 0 saturated carbocycles. The van der Waals surface area contributed by atoms with Crippen molar-refractivity contribution in [3.63, 3.8) is 0 Å². The van der Waals surface area contributed by atoms with E-state index < -0.39 is 0 Å². The van der Waals surface area contributed by atoms with Gasteiger partial charge in [0.05, 0.1) is 0 Å². The second kappa shape index (κ2) is 4.68. The summed E-state index contributed by atoms with van der Waals surface area (Å²) in [6.45, 7) is 5.77. The predicted molar refractivity (Wildman–Crippen MR) is 65.3 cm³/mol. The summed E-state index contributed by atoms with van der Waals surface area (Å²) < 4.78 is 1.11. The molecule has 0 aliphatic heterocycles. The molecule has 0 nitrogen and oxygen atoms in total. The molecule has 1 rings (SSSR count). The predicted octanol–water partition coefficient (Wildman–Crippen LogP) is 3.94. The molecule has 0 unspecified atom stereocenters. The first kappa shape index (κ1) is 10.6. The molecule has 0 atom stereocenters. The molecule has 0 aromatic heterocycles. The third-order valence-electron chi connectivity index (χ3n) is 1.78. The highest BCUT2D eigenvalue weighted by Crippen LogP contribution is 2.17. The van der Waals surface area contributed by atoms with E-state index in [2.05, 4.69) is 28.6 Å². The number of hydrogen-bond donors (Lipinski definition) is 0. The average Bonchev–Trinajstić information content (AvgIpc) is 2.08. The summed E-state index contributed by atoms with van der Waals surface area (Å²) in [7, 11) is 0. The lowest BCUT2D eigenvalue weighted by Crippen LogP contribution is -2.00.